The van der Waals surface area contributed by atoms with Gasteiger partial charge in [0.05, 0.1) is 22.2 Å². The molecule has 0 aliphatic rings. The molecule has 3 aromatic rings. The van der Waals surface area contributed by atoms with Crippen LogP contribution in [0, 0.1) is 5.82 Å². The average Bonchev–Trinajstić information content (AvgIpc) is 2.73. The number of hydrogen-bond acceptors (Lipinski definition) is 7. The minimum Gasteiger partial charge on any atom is -0.292 e. The highest BCUT2D eigenvalue weighted by molar-refractivity contribution is 7.89. The Kier molecular flexibility index (Phi) is 6.57. The molecule has 150 valence electrons. The van der Waals surface area contributed by atoms with E-state index >= 15 is 0 Å². The number of nitrogens with zero attached hydrogens (tertiary/aromatic N) is 4. The molecule has 0 radical (unpaired) electrons. The fourth-order valence-corrected chi connectivity index (χ4v) is 3.58. The van der Waals surface area contributed by atoms with Crippen molar-refractivity contribution in [3.63, 3.8) is 0 Å². The molecular weight excluding hydrogens is 421 g/mol. The number of hydrogen-bond donors (Lipinski definition) is 1. The maximum absolute atomic E-state index is 13.2. The Balaban J connectivity index is 1.58. The molecule has 3 rings (SSSR count). The summed E-state index contributed by atoms with van der Waals surface area (Å²) in [6, 6.07) is 7.75. The van der Waals surface area contributed by atoms with Crippen LogP contribution in [0.3, 0.4) is 0 Å². The lowest BCUT2D eigenvalue weighted by Crippen LogP contribution is -2.24. The first-order valence-electron chi connectivity index (χ1n) is 8.41. The number of rotatable bonds is 8. The van der Waals surface area contributed by atoms with Crippen molar-refractivity contribution in [1.82, 2.24) is 24.9 Å². The molecule has 1 N–H and O–H groups in total. The monoisotopic (exact) mass is 435 g/mol. The highest BCUT2D eigenvalue weighted by atomic mass is 35.5. The van der Waals surface area contributed by atoms with Crippen molar-refractivity contribution in [2.45, 2.75) is 24.3 Å². The van der Waals surface area contributed by atoms with Gasteiger partial charge in [-0.25, -0.2) is 27.5 Å². The van der Waals surface area contributed by atoms with Gasteiger partial charge < -0.3 is 0 Å². The van der Waals surface area contributed by atoms with Gasteiger partial charge in [0.15, 0.2) is 5.78 Å². The molecule has 0 saturated carbocycles. The molecule has 2 aromatic heterocycles. The van der Waals surface area contributed by atoms with Gasteiger partial charge in [-0.1, -0.05) is 11.6 Å². The van der Waals surface area contributed by atoms with E-state index < -0.39 is 15.8 Å². The standard InChI is InChI=1S/C18H15ClFN5O3S/c19-14-10-13(3-4-15(14)20)29(27,28)23-11-12-2-5-16(25-24-12)17(26)6-7-18-21-8-1-9-22-18/h1-5,8-10,23H,6-7,11H2. The van der Waals surface area contributed by atoms with E-state index in [-0.39, 0.29) is 34.4 Å². The zero-order valence-electron chi connectivity index (χ0n) is 14.9. The van der Waals surface area contributed by atoms with E-state index in [0.717, 1.165) is 18.2 Å². The van der Waals surface area contributed by atoms with Gasteiger partial charge in [0.25, 0.3) is 0 Å². The molecule has 0 amide bonds. The number of sulfonamides is 1. The first-order chi connectivity index (χ1) is 13.8. The Morgan fingerprint density at radius 3 is 2.52 bits per heavy atom. The second-order valence-corrected chi connectivity index (χ2v) is 8.07. The Labute approximate surface area is 171 Å². The lowest BCUT2D eigenvalue weighted by molar-refractivity contribution is 0.0976. The van der Waals surface area contributed by atoms with Gasteiger partial charge in [0.2, 0.25) is 10.0 Å². The lowest BCUT2D eigenvalue weighted by atomic mass is 10.1. The van der Waals surface area contributed by atoms with Crippen LogP contribution >= 0.6 is 11.6 Å². The van der Waals surface area contributed by atoms with Crippen LogP contribution in [-0.4, -0.2) is 34.4 Å². The molecule has 0 fully saturated rings. The SMILES string of the molecule is O=C(CCc1ncccn1)c1ccc(CNS(=O)(=O)c2ccc(F)c(Cl)c2)nn1. The number of carbonyl (C=O) groups excluding carboxylic acids is 1. The molecule has 0 spiro atoms. The fourth-order valence-electron chi connectivity index (χ4n) is 2.31. The number of Topliss-reactive ketones (excluding diaryl/α,β-unsaturated/α-hetero) is 1. The van der Waals surface area contributed by atoms with Gasteiger partial charge >= 0.3 is 0 Å². The number of carbonyl (C=O) groups is 1. The normalized spacial score (nSPS) is 11.4. The van der Waals surface area contributed by atoms with E-state index in [9.17, 15) is 17.6 Å². The van der Waals surface area contributed by atoms with E-state index in [1.807, 2.05) is 0 Å². The van der Waals surface area contributed by atoms with Gasteiger partial charge in [-0.15, -0.1) is 5.10 Å². The maximum Gasteiger partial charge on any atom is 0.240 e. The smallest absolute Gasteiger partial charge is 0.240 e. The second-order valence-electron chi connectivity index (χ2n) is 5.90. The number of ketones is 1. The molecule has 0 aliphatic heterocycles. The van der Waals surface area contributed by atoms with Gasteiger partial charge in [-0.2, -0.15) is 5.10 Å². The van der Waals surface area contributed by atoms with Crippen molar-refractivity contribution < 1.29 is 17.6 Å². The van der Waals surface area contributed by atoms with Crippen molar-refractivity contribution >= 4 is 27.4 Å². The zero-order chi connectivity index (χ0) is 20.9. The quantitative estimate of drug-likeness (QED) is 0.540. The van der Waals surface area contributed by atoms with Gasteiger partial charge in [-0.05, 0) is 36.4 Å². The van der Waals surface area contributed by atoms with Crippen LogP contribution in [0.1, 0.15) is 28.4 Å². The molecule has 0 aliphatic carbocycles. The Morgan fingerprint density at radius 2 is 1.86 bits per heavy atom. The minimum atomic E-state index is -3.91. The van der Waals surface area contributed by atoms with E-state index in [2.05, 4.69) is 24.9 Å². The van der Waals surface area contributed by atoms with Crippen LogP contribution in [-0.2, 0) is 23.0 Å². The molecule has 0 atom stereocenters. The van der Waals surface area contributed by atoms with Crippen LogP contribution in [0.15, 0.2) is 53.7 Å². The van der Waals surface area contributed by atoms with Crippen LogP contribution < -0.4 is 4.72 Å². The van der Waals surface area contributed by atoms with Crippen molar-refractivity contribution in [1.29, 1.82) is 0 Å². The summed E-state index contributed by atoms with van der Waals surface area (Å²) in [4.78, 5) is 20.1. The Hall–Kier alpha value is -2.82. The highest BCUT2D eigenvalue weighted by Crippen LogP contribution is 2.19. The Morgan fingerprint density at radius 1 is 1.10 bits per heavy atom. The summed E-state index contributed by atoms with van der Waals surface area (Å²) in [6.45, 7) is -0.156. The third-order valence-electron chi connectivity index (χ3n) is 3.85. The Bertz CT molecular complexity index is 1110. The molecule has 29 heavy (non-hydrogen) atoms. The number of halogens is 2. The van der Waals surface area contributed by atoms with Crippen LogP contribution in [0.25, 0.3) is 0 Å². The molecule has 0 unspecified atom stereocenters. The van der Waals surface area contributed by atoms with Crippen LogP contribution in [0.4, 0.5) is 4.39 Å². The third-order valence-corrected chi connectivity index (χ3v) is 5.53. The first-order valence-corrected chi connectivity index (χ1v) is 10.3. The maximum atomic E-state index is 13.2. The molecule has 0 saturated heterocycles. The predicted molar refractivity (Wildman–Crippen MR) is 102 cm³/mol. The summed E-state index contributed by atoms with van der Waals surface area (Å²) in [6.07, 6.45) is 3.75. The molecule has 0 bridgehead atoms. The average molecular weight is 436 g/mol. The van der Waals surface area contributed by atoms with Crippen LogP contribution in [0.5, 0.6) is 0 Å². The summed E-state index contributed by atoms with van der Waals surface area (Å²) in [5, 5.41) is 7.42. The molecule has 2 heterocycles. The van der Waals surface area contributed by atoms with Gasteiger partial charge in [-0.3, -0.25) is 4.79 Å². The summed E-state index contributed by atoms with van der Waals surface area (Å²) < 4.78 is 40.0. The molecule has 8 nitrogen and oxygen atoms in total. The first kappa shape index (κ1) is 20.9. The largest absolute Gasteiger partial charge is 0.292 e. The van der Waals surface area contributed by atoms with Gasteiger partial charge in [0.1, 0.15) is 17.3 Å². The van der Waals surface area contributed by atoms with Gasteiger partial charge in [0, 0.05) is 25.2 Å². The summed E-state index contributed by atoms with van der Waals surface area (Å²) in [7, 11) is -3.91. The summed E-state index contributed by atoms with van der Waals surface area (Å²) >= 11 is 5.62. The summed E-state index contributed by atoms with van der Waals surface area (Å²) in [5.41, 5.74) is 0.475. The van der Waals surface area contributed by atoms with E-state index in [0.29, 0.717) is 17.9 Å². The molecule has 11 heteroatoms. The lowest BCUT2D eigenvalue weighted by Gasteiger charge is -2.07. The van der Waals surface area contributed by atoms with E-state index in [4.69, 9.17) is 11.6 Å². The number of nitrogens with one attached hydrogen (secondary N) is 1. The highest BCUT2D eigenvalue weighted by Gasteiger charge is 2.16. The van der Waals surface area contributed by atoms with E-state index in [1.165, 1.54) is 12.1 Å². The molecule has 1 aromatic carbocycles. The van der Waals surface area contributed by atoms with Crippen LogP contribution in [0.2, 0.25) is 5.02 Å². The number of benzene rings is 1. The fraction of sp³-hybridized carbons (Fsp3) is 0.167. The zero-order valence-corrected chi connectivity index (χ0v) is 16.5. The van der Waals surface area contributed by atoms with Crippen molar-refractivity contribution in [3.8, 4) is 0 Å². The van der Waals surface area contributed by atoms with Crippen molar-refractivity contribution in [3.05, 3.63) is 76.8 Å². The number of aryl methyl sites for hydroxylation is 1. The van der Waals surface area contributed by atoms with Crippen molar-refractivity contribution in [2.24, 2.45) is 0 Å². The molecular formula is C18H15ClFN5O3S. The third kappa shape index (κ3) is 5.59. The van der Waals surface area contributed by atoms with Crippen molar-refractivity contribution in [2.75, 3.05) is 0 Å². The van der Waals surface area contributed by atoms with E-state index in [1.54, 1.807) is 18.5 Å². The minimum absolute atomic E-state index is 0.156. The second kappa shape index (κ2) is 9.12. The summed E-state index contributed by atoms with van der Waals surface area (Å²) in [5.74, 6) is -0.380. The topological polar surface area (TPSA) is 115 Å². The number of aromatic nitrogens is 4. The predicted octanol–water partition coefficient (Wildman–Crippen LogP) is 2.35.